The number of hydrogen-bond donors (Lipinski definition) is 0. The molecule has 156 valence electrons. The minimum atomic E-state index is -0.525. The molecule has 6 heteroatoms. The van der Waals surface area contributed by atoms with Crippen LogP contribution in [0, 0.1) is 6.92 Å². The van der Waals surface area contributed by atoms with E-state index >= 15 is 0 Å². The molecule has 0 spiro atoms. The van der Waals surface area contributed by atoms with E-state index in [0.717, 1.165) is 31.2 Å². The number of likely N-dealkylation sites (tertiary alicyclic amines) is 1. The number of carbonyl (C=O) groups excluding carboxylic acids is 1. The summed E-state index contributed by atoms with van der Waals surface area (Å²) in [6.07, 6.45) is 7.11. The zero-order chi connectivity index (χ0) is 20.8. The van der Waals surface area contributed by atoms with Gasteiger partial charge in [0, 0.05) is 31.4 Å². The van der Waals surface area contributed by atoms with Crippen LogP contribution in [0.4, 0.5) is 0 Å². The molecule has 1 fully saturated rings. The Morgan fingerprint density at radius 3 is 2.76 bits per heavy atom. The van der Waals surface area contributed by atoms with Crippen molar-refractivity contribution in [2.24, 2.45) is 0 Å². The fraction of sp³-hybridized carbons (Fsp3) is 0.522. The predicted octanol–water partition coefficient (Wildman–Crippen LogP) is 4.07. The van der Waals surface area contributed by atoms with Crippen LogP contribution in [0.15, 0.2) is 39.8 Å². The third kappa shape index (κ3) is 5.32. The van der Waals surface area contributed by atoms with Gasteiger partial charge >= 0.3 is 5.63 Å². The smallest absolute Gasteiger partial charge is 0.349 e. The Morgan fingerprint density at radius 1 is 1.38 bits per heavy atom. The Kier molecular flexibility index (Phi) is 7.20. The molecule has 2 aromatic rings. The van der Waals surface area contributed by atoms with Gasteiger partial charge in [0.05, 0.1) is 12.7 Å². The fourth-order valence-electron chi connectivity index (χ4n) is 3.79. The van der Waals surface area contributed by atoms with E-state index in [1.807, 2.05) is 32.0 Å². The molecule has 29 heavy (non-hydrogen) atoms. The van der Waals surface area contributed by atoms with Crippen LogP contribution >= 0.6 is 0 Å². The van der Waals surface area contributed by atoms with Gasteiger partial charge in [0.2, 0.25) is 0 Å². The second-order valence-electron chi connectivity index (χ2n) is 7.85. The highest BCUT2D eigenvalue weighted by atomic mass is 16.5. The molecule has 3 rings (SSSR count). The van der Waals surface area contributed by atoms with E-state index < -0.39 is 5.63 Å². The van der Waals surface area contributed by atoms with Crippen LogP contribution in [0.25, 0.3) is 0 Å². The molecule has 6 nitrogen and oxygen atoms in total. The molecule has 0 aromatic carbocycles. The van der Waals surface area contributed by atoms with Crippen LogP contribution in [-0.2, 0) is 11.3 Å². The van der Waals surface area contributed by atoms with Crippen molar-refractivity contribution in [3.05, 3.63) is 63.5 Å². The molecule has 0 saturated carbocycles. The van der Waals surface area contributed by atoms with Gasteiger partial charge in [-0.3, -0.25) is 9.78 Å². The predicted molar refractivity (Wildman–Crippen MR) is 111 cm³/mol. The molecule has 1 saturated heterocycles. The van der Waals surface area contributed by atoms with E-state index in [2.05, 4.69) is 11.9 Å². The van der Waals surface area contributed by atoms with Crippen molar-refractivity contribution < 1.29 is 13.9 Å². The highest BCUT2D eigenvalue weighted by Crippen LogP contribution is 2.23. The molecule has 1 aliphatic heterocycles. The number of carbonyl (C=O) groups is 1. The number of rotatable bonds is 7. The van der Waals surface area contributed by atoms with Crippen molar-refractivity contribution in [3.8, 4) is 0 Å². The van der Waals surface area contributed by atoms with Crippen molar-refractivity contribution in [1.29, 1.82) is 0 Å². The lowest BCUT2D eigenvalue weighted by molar-refractivity contribution is -0.000579. The monoisotopic (exact) mass is 398 g/mol. The first-order valence-electron chi connectivity index (χ1n) is 10.4. The summed E-state index contributed by atoms with van der Waals surface area (Å²) in [6, 6.07) is 5.72. The van der Waals surface area contributed by atoms with Crippen LogP contribution in [-0.4, -0.2) is 35.0 Å². The molecule has 1 amide bonds. The Labute approximate surface area is 171 Å². The molecular formula is C23H30N2O4. The van der Waals surface area contributed by atoms with Gasteiger partial charge in [0.1, 0.15) is 11.3 Å². The van der Waals surface area contributed by atoms with E-state index in [-0.39, 0.29) is 23.5 Å². The maximum atomic E-state index is 13.0. The first kappa shape index (κ1) is 21.2. The minimum Gasteiger partial charge on any atom is -0.427 e. The summed E-state index contributed by atoms with van der Waals surface area (Å²) in [4.78, 5) is 31.3. The van der Waals surface area contributed by atoms with E-state index in [0.29, 0.717) is 31.0 Å². The molecule has 1 aliphatic rings. The summed E-state index contributed by atoms with van der Waals surface area (Å²) in [5.74, 6) is 0.591. The summed E-state index contributed by atoms with van der Waals surface area (Å²) >= 11 is 0. The zero-order valence-corrected chi connectivity index (χ0v) is 17.5. The van der Waals surface area contributed by atoms with Crippen molar-refractivity contribution >= 4 is 5.91 Å². The van der Waals surface area contributed by atoms with Gasteiger partial charge in [-0.2, -0.15) is 0 Å². The van der Waals surface area contributed by atoms with E-state index in [1.54, 1.807) is 17.3 Å². The minimum absolute atomic E-state index is 0.106. The van der Waals surface area contributed by atoms with Crippen molar-refractivity contribution in [2.75, 3.05) is 13.1 Å². The SMILES string of the molecule is CCCC(C)c1cc(C)c(C(=O)N2CCC(OCc3cccnc3)CC2)c(=O)o1. The summed E-state index contributed by atoms with van der Waals surface area (Å²) in [5, 5.41) is 0. The van der Waals surface area contributed by atoms with Gasteiger partial charge in [-0.15, -0.1) is 0 Å². The average molecular weight is 399 g/mol. The molecule has 0 N–H and O–H groups in total. The number of amides is 1. The summed E-state index contributed by atoms with van der Waals surface area (Å²) < 4.78 is 11.4. The highest BCUT2D eigenvalue weighted by Gasteiger charge is 2.28. The van der Waals surface area contributed by atoms with Gasteiger partial charge in [0.25, 0.3) is 5.91 Å². The van der Waals surface area contributed by atoms with Crippen LogP contribution in [0.2, 0.25) is 0 Å². The first-order valence-corrected chi connectivity index (χ1v) is 10.4. The van der Waals surface area contributed by atoms with Crippen LogP contribution in [0.1, 0.15) is 72.7 Å². The fourth-order valence-corrected chi connectivity index (χ4v) is 3.79. The van der Waals surface area contributed by atoms with Gasteiger partial charge in [0.15, 0.2) is 0 Å². The van der Waals surface area contributed by atoms with Crippen LogP contribution in [0.5, 0.6) is 0 Å². The number of hydrogen-bond acceptors (Lipinski definition) is 5. The zero-order valence-electron chi connectivity index (χ0n) is 17.5. The number of aromatic nitrogens is 1. The third-order valence-corrected chi connectivity index (χ3v) is 5.53. The van der Waals surface area contributed by atoms with E-state index in [9.17, 15) is 9.59 Å². The molecule has 0 bridgehead atoms. The summed E-state index contributed by atoms with van der Waals surface area (Å²) in [7, 11) is 0. The number of ether oxygens (including phenoxy) is 1. The molecule has 0 radical (unpaired) electrons. The largest absolute Gasteiger partial charge is 0.427 e. The normalized spacial score (nSPS) is 16.0. The molecule has 1 unspecified atom stereocenters. The Bertz CT molecular complexity index is 870. The van der Waals surface area contributed by atoms with E-state index in [4.69, 9.17) is 9.15 Å². The quantitative estimate of drug-likeness (QED) is 0.703. The lowest BCUT2D eigenvalue weighted by Gasteiger charge is -2.32. The van der Waals surface area contributed by atoms with Gasteiger partial charge in [-0.25, -0.2) is 4.79 Å². The van der Waals surface area contributed by atoms with Crippen LogP contribution < -0.4 is 5.63 Å². The maximum Gasteiger partial charge on any atom is 0.349 e. The molecule has 3 heterocycles. The molecule has 0 aliphatic carbocycles. The Morgan fingerprint density at radius 2 is 2.14 bits per heavy atom. The molecule has 2 aromatic heterocycles. The first-order chi connectivity index (χ1) is 14.0. The Balaban J connectivity index is 1.59. The third-order valence-electron chi connectivity index (χ3n) is 5.53. The maximum absolute atomic E-state index is 13.0. The van der Waals surface area contributed by atoms with Gasteiger partial charge < -0.3 is 14.1 Å². The second-order valence-corrected chi connectivity index (χ2v) is 7.85. The van der Waals surface area contributed by atoms with Crippen LogP contribution in [0.3, 0.4) is 0 Å². The number of piperidine rings is 1. The average Bonchev–Trinajstić information content (AvgIpc) is 2.73. The highest BCUT2D eigenvalue weighted by molar-refractivity contribution is 5.95. The van der Waals surface area contributed by atoms with E-state index in [1.165, 1.54) is 0 Å². The lowest BCUT2D eigenvalue weighted by atomic mass is 10.00. The number of pyridine rings is 1. The van der Waals surface area contributed by atoms with Crippen molar-refractivity contribution in [3.63, 3.8) is 0 Å². The summed E-state index contributed by atoms with van der Waals surface area (Å²) in [5.41, 5.74) is 1.37. The standard InChI is InChI=1S/C23H30N2O4/c1-4-6-16(2)20-13-17(3)21(23(27)29-20)22(26)25-11-8-19(9-12-25)28-15-18-7-5-10-24-14-18/h5,7,10,13-14,16,19H,4,6,8-9,11-12,15H2,1-3H3. The van der Waals surface area contributed by atoms with Crippen molar-refractivity contribution in [2.45, 2.75) is 65.1 Å². The number of nitrogens with zero attached hydrogens (tertiary/aromatic N) is 2. The summed E-state index contributed by atoms with van der Waals surface area (Å²) in [6.45, 7) is 7.62. The van der Waals surface area contributed by atoms with Gasteiger partial charge in [-0.1, -0.05) is 26.3 Å². The molecular weight excluding hydrogens is 368 g/mol. The van der Waals surface area contributed by atoms with Crippen molar-refractivity contribution in [1.82, 2.24) is 9.88 Å². The topological polar surface area (TPSA) is 72.6 Å². The number of aryl methyl sites for hydroxylation is 1. The lowest BCUT2D eigenvalue weighted by Crippen LogP contribution is -2.42. The second kappa shape index (κ2) is 9.83. The van der Waals surface area contributed by atoms with Gasteiger partial charge in [-0.05, 0) is 49.4 Å². The molecule has 1 atom stereocenters. The Hall–Kier alpha value is -2.47.